The van der Waals surface area contributed by atoms with Gasteiger partial charge in [0.2, 0.25) is 0 Å². The van der Waals surface area contributed by atoms with Gasteiger partial charge in [0.15, 0.2) is 0 Å². The monoisotopic (exact) mass is 355 g/mol. The predicted octanol–water partition coefficient (Wildman–Crippen LogP) is 3.17. The highest BCUT2D eigenvalue weighted by Crippen LogP contribution is 2.22. The first-order valence-electron chi connectivity index (χ1n) is 8.96. The molecule has 6 heteroatoms. The lowest BCUT2D eigenvalue weighted by Gasteiger charge is -2.30. The van der Waals surface area contributed by atoms with Gasteiger partial charge in [0, 0.05) is 24.3 Å². The van der Waals surface area contributed by atoms with Crippen LogP contribution in [0.1, 0.15) is 51.8 Å². The van der Waals surface area contributed by atoms with Crippen LogP contribution in [0.15, 0.2) is 34.9 Å². The topological polar surface area (TPSA) is 88.6 Å². The zero-order chi connectivity index (χ0) is 18.7. The molecule has 3 rings (SSSR count). The van der Waals surface area contributed by atoms with Gasteiger partial charge >= 0.3 is 0 Å². The summed E-state index contributed by atoms with van der Waals surface area (Å²) in [4.78, 5) is 26.9. The van der Waals surface area contributed by atoms with E-state index in [0.29, 0.717) is 28.5 Å². The number of nitrogens with one attached hydrogen (secondary N) is 1. The lowest BCUT2D eigenvalue weighted by atomic mass is 9.98. The third-order valence-electron chi connectivity index (χ3n) is 4.91. The number of piperidine rings is 1. The standard InChI is InChI=1S/C20H25N3O3/c1-13-5-7-23(8-6-13)20(25)15-3-4-18(14(2)9-15)22-19(24)16-10-17(11-21)26-12-16/h3-4,9-10,12-13H,5-8,11,21H2,1-2H3,(H,22,24). The summed E-state index contributed by atoms with van der Waals surface area (Å²) in [6.45, 7) is 5.96. The van der Waals surface area contributed by atoms with Gasteiger partial charge in [0.25, 0.3) is 11.8 Å². The van der Waals surface area contributed by atoms with Crippen molar-refractivity contribution in [1.82, 2.24) is 4.90 Å². The average molecular weight is 355 g/mol. The fourth-order valence-electron chi connectivity index (χ4n) is 3.13. The van der Waals surface area contributed by atoms with Crippen LogP contribution < -0.4 is 11.1 Å². The zero-order valence-electron chi connectivity index (χ0n) is 15.2. The molecule has 1 aliphatic heterocycles. The number of benzene rings is 1. The Morgan fingerprint density at radius 2 is 1.96 bits per heavy atom. The van der Waals surface area contributed by atoms with E-state index in [0.717, 1.165) is 31.5 Å². The molecular formula is C20H25N3O3. The second-order valence-electron chi connectivity index (χ2n) is 6.96. The Hall–Kier alpha value is -2.60. The van der Waals surface area contributed by atoms with Gasteiger partial charge < -0.3 is 20.4 Å². The number of hydrogen-bond acceptors (Lipinski definition) is 4. The summed E-state index contributed by atoms with van der Waals surface area (Å²) < 4.78 is 5.19. The minimum atomic E-state index is -0.263. The van der Waals surface area contributed by atoms with Gasteiger partial charge in [-0.2, -0.15) is 0 Å². The lowest BCUT2D eigenvalue weighted by molar-refractivity contribution is 0.0697. The first-order valence-corrected chi connectivity index (χ1v) is 8.96. The quantitative estimate of drug-likeness (QED) is 0.882. The van der Waals surface area contributed by atoms with E-state index in [-0.39, 0.29) is 18.4 Å². The Balaban J connectivity index is 1.69. The van der Waals surface area contributed by atoms with Crippen LogP contribution in [0.25, 0.3) is 0 Å². The number of hydrogen-bond donors (Lipinski definition) is 2. The largest absolute Gasteiger partial charge is 0.467 e. The first-order chi connectivity index (χ1) is 12.5. The zero-order valence-corrected chi connectivity index (χ0v) is 15.2. The number of nitrogens with two attached hydrogens (primary N) is 1. The molecule has 0 saturated carbocycles. The molecule has 0 spiro atoms. The van der Waals surface area contributed by atoms with Crippen LogP contribution in [-0.2, 0) is 6.54 Å². The number of furan rings is 1. The van der Waals surface area contributed by atoms with Crippen LogP contribution in [0.2, 0.25) is 0 Å². The van der Waals surface area contributed by atoms with Gasteiger partial charge in [-0.05, 0) is 55.5 Å². The molecule has 6 nitrogen and oxygen atoms in total. The number of carbonyl (C=O) groups is 2. The molecule has 3 N–H and O–H groups in total. The summed E-state index contributed by atoms with van der Waals surface area (Å²) >= 11 is 0. The molecule has 1 aromatic heterocycles. The second kappa shape index (κ2) is 7.74. The predicted molar refractivity (Wildman–Crippen MR) is 100 cm³/mol. The van der Waals surface area contributed by atoms with Crippen LogP contribution in [0.3, 0.4) is 0 Å². The molecule has 0 bridgehead atoms. The SMILES string of the molecule is Cc1cc(C(=O)N2CCC(C)CC2)ccc1NC(=O)c1coc(CN)c1. The van der Waals surface area contributed by atoms with Crippen molar-refractivity contribution in [1.29, 1.82) is 0 Å². The van der Waals surface area contributed by atoms with Crippen LogP contribution in [0.4, 0.5) is 5.69 Å². The fraction of sp³-hybridized carbons (Fsp3) is 0.400. The van der Waals surface area contributed by atoms with E-state index in [9.17, 15) is 9.59 Å². The third-order valence-corrected chi connectivity index (χ3v) is 4.91. The van der Waals surface area contributed by atoms with Gasteiger partial charge in [-0.25, -0.2) is 0 Å². The fourth-order valence-corrected chi connectivity index (χ4v) is 3.13. The van der Waals surface area contributed by atoms with Crippen molar-refractivity contribution < 1.29 is 14.0 Å². The Bertz CT molecular complexity index is 804. The maximum Gasteiger partial charge on any atom is 0.258 e. The van der Waals surface area contributed by atoms with Crippen molar-refractivity contribution >= 4 is 17.5 Å². The number of rotatable bonds is 4. The molecule has 138 valence electrons. The summed E-state index contributed by atoms with van der Waals surface area (Å²) in [5, 5.41) is 2.85. The molecular weight excluding hydrogens is 330 g/mol. The van der Waals surface area contributed by atoms with Crippen molar-refractivity contribution in [2.24, 2.45) is 11.7 Å². The number of anilines is 1. The Morgan fingerprint density at radius 1 is 1.23 bits per heavy atom. The van der Waals surface area contributed by atoms with Crippen molar-refractivity contribution in [2.75, 3.05) is 18.4 Å². The minimum Gasteiger partial charge on any atom is -0.467 e. The summed E-state index contributed by atoms with van der Waals surface area (Å²) in [6.07, 6.45) is 3.49. The Kier molecular flexibility index (Phi) is 5.42. The highest BCUT2D eigenvalue weighted by Gasteiger charge is 2.22. The molecule has 0 atom stereocenters. The molecule has 1 saturated heterocycles. The van der Waals surface area contributed by atoms with E-state index < -0.39 is 0 Å². The molecule has 0 aliphatic carbocycles. The average Bonchev–Trinajstić information content (AvgIpc) is 3.13. The van der Waals surface area contributed by atoms with Gasteiger partial charge in [-0.1, -0.05) is 6.92 Å². The highest BCUT2D eigenvalue weighted by atomic mass is 16.3. The van der Waals surface area contributed by atoms with Gasteiger partial charge in [0.1, 0.15) is 12.0 Å². The van der Waals surface area contributed by atoms with E-state index >= 15 is 0 Å². The number of nitrogens with zero attached hydrogens (tertiary/aromatic N) is 1. The Morgan fingerprint density at radius 3 is 2.58 bits per heavy atom. The number of aryl methyl sites for hydroxylation is 1. The molecule has 1 aliphatic rings. The maximum absolute atomic E-state index is 12.7. The van der Waals surface area contributed by atoms with E-state index in [1.165, 1.54) is 6.26 Å². The molecule has 1 fully saturated rings. The molecule has 0 unspecified atom stereocenters. The molecule has 2 aromatic rings. The van der Waals surface area contributed by atoms with Crippen molar-refractivity contribution in [2.45, 2.75) is 33.2 Å². The third kappa shape index (κ3) is 3.96. The molecule has 0 radical (unpaired) electrons. The van der Waals surface area contributed by atoms with Gasteiger partial charge in [-0.3, -0.25) is 9.59 Å². The smallest absolute Gasteiger partial charge is 0.258 e. The molecule has 1 aromatic carbocycles. The summed E-state index contributed by atoms with van der Waals surface area (Å²) in [7, 11) is 0. The van der Waals surface area contributed by atoms with Gasteiger partial charge in [-0.15, -0.1) is 0 Å². The number of amides is 2. The van der Waals surface area contributed by atoms with Crippen molar-refractivity contribution in [3.8, 4) is 0 Å². The number of carbonyl (C=O) groups excluding carboxylic acids is 2. The maximum atomic E-state index is 12.7. The molecule has 2 amide bonds. The van der Waals surface area contributed by atoms with Crippen LogP contribution >= 0.6 is 0 Å². The van der Waals surface area contributed by atoms with Crippen LogP contribution in [0.5, 0.6) is 0 Å². The van der Waals surface area contributed by atoms with Gasteiger partial charge in [0.05, 0.1) is 12.1 Å². The first kappa shape index (κ1) is 18.2. The van der Waals surface area contributed by atoms with Crippen LogP contribution in [0, 0.1) is 12.8 Å². The van der Waals surface area contributed by atoms with Crippen LogP contribution in [-0.4, -0.2) is 29.8 Å². The lowest BCUT2D eigenvalue weighted by Crippen LogP contribution is -2.37. The highest BCUT2D eigenvalue weighted by molar-refractivity contribution is 6.05. The van der Waals surface area contributed by atoms with E-state index in [1.807, 2.05) is 17.9 Å². The second-order valence-corrected chi connectivity index (χ2v) is 6.96. The Labute approximate surface area is 153 Å². The normalized spacial score (nSPS) is 15.1. The summed E-state index contributed by atoms with van der Waals surface area (Å²) in [5.74, 6) is 1.03. The molecule has 26 heavy (non-hydrogen) atoms. The van der Waals surface area contributed by atoms with E-state index in [1.54, 1.807) is 18.2 Å². The number of likely N-dealkylation sites (tertiary alicyclic amines) is 1. The minimum absolute atomic E-state index is 0.0558. The van der Waals surface area contributed by atoms with Crippen molar-refractivity contribution in [3.05, 3.63) is 53.0 Å². The molecule has 2 heterocycles. The summed E-state index contributed by atoms with van der Waals surface area (Å²) in [5.41, 5.74) is 8.09. The van der Waals surface area contributed by atoms with E-state index in [2.05, 4.69) is 12.2 Å². The summed E-state index contributed by atoms with van der Waals surface area (Å²) in [6, 6.07) is 7.00. The van der Waals surface area contributed by atoms with E-state index in [4.69, 9.17) is 10.2 Å². The van der Waals surface area contributed by atoms with Crippen molar-refractivity contribution in [3.63, 3.8) is 0 Å².